The normalized spacial score (nSPS) is 18.1. The molecule has 168 valence electrons. The third-order valence-corrected chi connectivity index (χ3v) is 6.74. The van der Waals surface area contributed by atoms with Gasteiger partial charge in [0, 0.05) is 22.4 Å². The number of aryl methyl sites for hydroxylation is 1. The van der Waals surface area contributed by atoms with Gasteiger partial charge in [-0.1, -0.05) is 23.4 Å². The Labute approximate surface area is 184 Å². The van der Waals surface area contributed by atoms with Gasteiger partial charge in [0.15, 0.2) is 0 Å². The van der Waals surface area contributed by atoms with Crippen molar-refractivity contribution >= 4 is 34.1 Å². The van der Waals surface area contributed by atoms with Crippen LogP contribution < -0.4 is 10.9 Å². The first-order valence-electron chi connectivity index (χ1n) is 9.83. The summed E-state index contributed by atoms with van der Waals surface area (Å²) in [4.78, 5) is 25.4. The summed E-state index contributed by atoms with van der Waals surface area (Å²) in [6.07, 6.45) is -5.58. The van der Waals surface area contributed by atoms with Gasteiger partial charge in [-0.25, -0.2) is 4.79 Å². The van der Waals surface area contributed by atoms with Crippen LogP contribution in [0.2, 0.25) is 0 Å². The number of aliphatic hydroxyl groups is 1. The fourth-order valence-electron chi connectivity index (χ4n) is 3.86. The molecule has 2 atom stereocenters. The molecule has 0 saturated heterocycles. The number of thioether (sulfide) groups is 1. The lowest BCUT2D eigenvalue weighted by molar-refractivity contribution is -0.252. The molecular formula is C22H19F3N2O4S. The van der Waals surface area contributed by atoms with Crippen molar-refractivity contribution in [2.75, 3.05) is 11.1 Å². The van der Waals surface area contributed by atoms with Gasteiger partial charge in [-0.2, -0.15) is 13.2 Å². The molecule has 0 bridgehead atoms. The number of halogens is 3. The Balaban J connectivity index is 1.65. The number of anilines is 1. The van der Waals surface area contributed by atoms with E-state index >= 15 is 0 Å². The van der Waals surface area contributed by atoms with Crippen LogP contribution in [0.5, 0.6) is 0 Å². The van der Waals surface area contributed by atoms with Crippen molar-refractivity contribution in [1.29, 1.82) is 0 Å². The lowest BCUT2D eigenvalue weighted by Gasteiger charge is -2.34. The van der Waals surface area contributed by atoms with Crippen LogP contribution in [0.3, 0.4) is 0 Å². The van der Waals surface area contributed by atoms with Gasteiger partial charge in [0.1, 0.15) is 0 Å². The van der Waals surface area contributed by atoms with Gasteiger partial charge >= 0.3 is 11.8 Å². The number of nitrogens with zero attached hydrogens (tertiary/aromatic N) is 1. The topological polar surface area (TPSA) is 92.4 Å². The lowest BCUT2D eigenvalue weighted by Crippen LogP contribution is -2.55. The number of aromatic nitrogens is 1. The summed E-state index contributed by atoms with van der Waals surface area (Å²) in [5.74, 6) is -1.61. The second-order valence-electron chi connectivity index (χ2n) is 7.70. The van der Waals surface area contributed by atoms with E-state index in [1.165, 1.54) is 30.0 Å². The van der Waals surface area contributed by atoms with Crippen molar-refractivity contribution in [3.8, 4) is 0 Å². The zero-order chi connectivity index (χ0) is 23.1. The van der Waals surface area contributed by atoms with Crippen LogP contribution >= 0.6 is 11.8 Å². The molecule has 1 amide bonds. The van der Waals surface area contributed by atoms with Crippen molar-refractivity contribution < 1.29 is 27.6 Å². The van der Waals surface area contributed by atoms with Gasteiger partial charge in [0.2, 0.25) is 5.60 Å². The monoisotopic (exact) mass is 464 g/mol. The van der Waals surface area contributed by atoms with E-state index in [2.05, 4.69) is 15.0 Å². The summed E-state index contributed by atoms with van der Waals surface area (Å²) < 4.78 is 46.6. The number of rotatable bonds is 4. The van der Waals surface area contributed by atoms with Crippen LogP contribution in [-0.2, 0) is 4.79 Å². The molecule has 2 unspecified atom stereocenters. The van der Waals surface area contributed by atoms with Crippen LogP contribution in [0.25, 0.3) is 10.8 Å². The number of fused-ring (bicyclic) bond motifs is 2. The number of carbonyl (C=O) groups excluding carboxylic acids is 1. The molecule has 0 aliphatic carbocycles. The molecule has 10 heteroatoms. The third-order valence-electron chi connectivity index (χ3n) is 5.62. The first-order chi connectivity index (χ1) is 15.1. The average Bonchev–Trinajstić information content (AvgIpc) is 2.76. The molecule has 32 heavy (non-hydrogen) atoms. The second kappa shape index (κ2) is 8.25. The number of alkyl halides is 3. The van der Waals surface area contributed by atoms with E-state index < -0.39 is 35.6 Å². The van der Waals surface area contributed by atoms with Gasteiger partial charge < -0.3 is 14.9 Å². The van der Waals surface area contributed by atoms with E-state index in [1.807, 2.05) is 6.07 Å². The van der Waals surface area contributed by atoms with Crippen LogP contribution in [0.15, 0.2) is 56.7 Å². The highest BCUT2D eigenvalue weighted by atomic mass is 32.2. The van der Waals surface area contributed by atoms with Crippen LogP contribution in [0, 0.1) is 6.92 Å². The summed E-state index contributed by atoms with van der Waals surface area (Å²) in [5, 5.41) is 16.9. The Hall–Kier alpha value is -2.85. The van der Waals surface area contributed by atoms with Gasteiger partial charge in [0.25, 0.3) is 5.91 Å². The molecule has 1 aliphatic rings. The van der Waals surface area contributed by atoms with E-state index in [1.54, 1.807) is 25.1 Å². The Morgan fingerprint density at radius 2 is 2.00 bits per heavy atom. The molecule has 0 fully saturated rings. The SMILES string of the molecule is Cc1noc(=O)c2ccc(NC(=O)C(O)(CC3CCSc4ccccc43)C(F)(F)F)cc12. The number of hydrogen-bond donors (Lipinski definition) is 2. The summed E-state index contributed by atoms with van der Waals surface area (Å²) in [5.41, 5.74) is -3.27. The zero-order valence-electron chi connectivity index (χ0n) is 16.9. The highest BCUT2D eigenvalue weighted by Gasteiger charge is 2.60. The zero-order valence-corrected chi connectivity index (χ0v) is 17.7. The van der Waals surface area contributed by atoms with Crippen LogP contribution in [0.1, 0.15) is 30.0 Å². The largest absolute Gasteiger partial charge is 0.426 e. The Morgan fingerprint density at radius 1 is 1.25 bits per heavy atom. The van der Waals surface area contributed by atoms with Crippen LogP contribution in [-0.4, -0.2) is 33.7 Å². The van der Waals surface area contributed by atoms with Crippen molar-refractivity contribution in [1.82, 2.24) is 5.16 Å². The average molecular weight is 464 g/mol. The quantitative estimate of drug-likeness (QED) is 0.595. The number of hydrogen-bond acceptors (Lipinski definition) is 6. The Kier molecular flexibility index (Phi) is 5.76. The summed E-state index contributed by atoms with van der Waals surface area (Å²) >= 11 is 1.54. The van der Waals surface area contributed by atoms with Gasteiger partial charge in [-0.05, 0) is 54.8 Å². The van der Waals surface area contributed by atoms with E-state index in [9.17, 15) is 27.9 Å². The Morgan fingerprint density at radius 3 is 2.75 bits per heavy atom. The minimum atomic E-state index is -5.19. The fourth-order valence-corrected chi connectivity index (χ4v) is 5.06. The number of amides is 1. The predicted octanol–water partition coefficient (Wildman–Crippen LogP) is 4.40. The summed E-state index contributed by atoms with van der Waals surface area (Å²) in [6, 6.07) is 11.0. The molecule has 1 aromatic heterocycles. The van der Waals surface area contributed by atoms with E-state index in [0.717, 1.165) is 4.90 Å². The number of nitrogens with one attached hydrogen (secondary N) is 1. The number of benzene rings is 2. The molecule has 2 N–H and O–H groups in total. The lowest BCUT2D eigenvalue weighted by atomic mass is 9.83. The smallest absolute Gasteiger partial charge is 0.373 e. The first kappa shape index (κ1) is 22.3. The van der Waals surface area contributed by atoms with E-state index in [-0.39, 0.29) is 11.1 Å². The summed E-state index contributed by atoms with van der Waals surface area (Å²) in [6.45, 7) is 1.56. The maximum absolute atomic E-state index is 14.0. The fraction of sp³-hybridized carbons (Fsp3) is 0.318. The molecule has 0 radical (unpaired) electrons. The molecule has 6 nitrogen and oxygen atoms in total. The highest BCUT2D eigenvalue weighted by molar-refractivity contribution is 7.99. The predicted molar refractivity (Wildman–Crippen MR) is 114 cm³/mol. The standard InChI is InChI=1S/C22H19F3N2O4S/c1-12-17-10-14(6-7-16(17)19(28)31-27-12)26-20(29)21(30,22(23,24)25)11-13-8-9-32-18-5-3-2-4-15(13)18/h2-7,10,13,30H,8-9,11H2,1H3,(H,26,29). The maximum atomic E-state index is 14.0. The third kappa shape index (κ3) is 4.00. The van der Waals surface area contributed by atoms with E-state index in [0.29, 0.717) is 28.8 Å². The van der Waals surface area contributed by atoms with Gasteiger partial charge in [-0.15, -0.1) is 11.8 Å². The molecular weight excluding hydrogens is 445 g/mol. The van der Waals surface area contributed by atoms with Crippen molar-refractivity contribution in [2.24, 2.45) is 0 Å². The molecule has 3 aromatic rings. The van der Waals surface area contributed by atoms with Crippen molar-refractivity contribution in [3.05, 3.63) is 64.1 Å². The Bertz CT molecular complexity index is 1240. The molecule has 2 heterocycles. The van der Waals surface area contributed by atoms with Gasteiger partial charge in [-0.3, -0.25) is 4.79 Å². The molecule has 1 aliphatic heterocycles. The molecule has 0 spiro atoms. The molecule has 4 rings (SSSR count). The number of carbonyl (C=O) groups is 1. The first-order valence-corrected chi connectivity index (χ1v) is 10.8. The van der Waals surface area contributed by atoms with Gasteiger partial charge in [0.05, 0.1) is 11.1 Å². The maximum Gasteiger partial charge on any atom is 0.426 e. The minimum Gasteiger partial charge on any atom is -0.373 e. The molecule has 2 aromatic carbocycles. The summed E-state index contributed by atoms with van der Waals surface area (Å²) in [7, 11) is 0. The minimum absolute atomic E-state index is 0.000254. The van der Waals surface area contributed by atoms with E-state index in [4.69, 9.17) is 0 Å². The van der Waals surface area contributed by atoms with Crippen LogP contribution in [0.4, 0.5) is 18.9 Å². The van der Waals surface area contributed by atoms with Crippen molar-refractivity contribution in [3.63, 3.8) is 0 Å². The highest BCUT2D eigenvalue weighted by Crippen LogP contribution is 2.45. The van der Waals surface area contributed by atoms with Crippen molar-refractivity contribution in [2.45, 2.75) is 42.4 Å². The second-order valence-corrected chi connectivity index (χ2v) is 8.84. The molecule has 0 saturated carbocycles.